The Morgan fingerprint density at radius 1 is 1.27 bits per heavy atom. The molecule has 4 nitrogen and oxygen atoms in total. The normalized spacial score (nSPS) is 10.7. The van der Waals surface area contributed by atoms with Crippen molar-refractivity contribution in [3.8, 4) is 0 Å². The van der Waals surface area contributed by atoms with Gasteiger partial charge in [0, 0.05) is 6.54 Å². The predicted molar refractivity (Wildman–Crippen MR) is 61.6 cm³/mol. The van der Waals surface area contributed by atoms with E-state index in [0.29, 0.717) is 0 Å². The van der Waals surface area contributed by atoms with E-state index in [0.717, 1.165) is 38.8 Å². The molecule has 0 spiro atoms. The molecule has 4 heteroatoms. The maximum absolute atomic E-state index is 11.2. The highest BCUT2D eigenvalue weighted by Gasteiger charge is 2.01. The Hall–Kier alpha value is -0.610. The molecule has 0 heterocycles. The lowest BCUT2D eigenvalue weighted by atomic mass is 10.2. The van der Waals surface area contributed by atoms with Gasteiger partial charge >= 0.3 is 0 Å². The van der Waals surface area contributed by atoms with Crippen LogP contribution in [0.5, 0.6) is 0 Å². The van der Waals surface area contributed by atoms with Crippen LogP contribution in [-0.2, 0) is 9.53 Å². The molecule has 0 bridgehead atoms. The minimum atomic E-state index is -0.0254. The fourth-order valence-electron chi connectivity index (χ4n) is 1.14. The highest BCUT2D eigenvalue weighted by Crippen LogP contribution is 1.96. The van der Waals surface area contributed by atoms with Crippen LogP contribution in [0.1, 0.15) is 39.5 Å². The Kier molecular flexibility index (Phi) is 9.52. The first-order chi connectivity index (χ1) is 7.16. The fraction of sp³-hybridized carbons (Fsp3) is 0.909. The summed E-state index contributed by atoms with van der Waals surface area (Å²) >= 11 is 0. The highest BCUT2D eigenvalue weighted by atomic mass is 16.5. The average Bonchev–Trinajstić information content (AvgIpc) is 2.20. The van der Waals surface area contributed by atoms with Crippen LogP contribution < -0.4 is 11.1 Å². The molecule has 0 aliphatic carbocycles. The molecule has 3 N–H and O–H groups in total. The zero-order chi connectivity index (χ0) is 11.5. The summed E-state index contributed by atoms with van der Waals surface area (Å²) in [6.45, 7) is 5.50. The van der Waals surface area contributed by atoms with Gasteiger partial charge in [0.2, 0.25) is 5.91 Å². The van der Waals surface area contributed by atoms with Crippen LogP contribution in [0.4, 0.5) is 0 Å². The lowest BCUT2D eigenvalue weighted by Gasteiger charge is -2.08. The van der Waals surface area contributed by atoms with Crippen LogP contribution in [0.25, 0.3) is 0 Å². The number of rotatable bonds is 9. The SMILES string of the molecule is CC(C)OCC(=O)NCCCCCCN. The van der Waals surface area contributed by atoms with Gasteiger partial charge in [0.05, 0.1) is 6.10 Å². The molecule has 1 amide bonds. The number of nitrogens with two attached hydrogens (primary N) is 1. The summed E-state index contributed by atoms with van der Waals surface area (Å²) in [4.78, 5) is 11.2. The molecule has 0 saturated heterocycles. The van der Waals surface area contributed by atoms with Crippen molar-refractivity contribution >= 4 is 5.91 Å². The Morgan fingerprint density at radius 2 is 1.93 bits per heavy atom. The quantitative estimate of drug-likeness (QED) is 0.566. The molecule has 0 aromatic rings. The molecule has 0 aliphatic heterocycles. The number of unbranched alkanes of at least 4 members (excludes halogenated alkanes) is 3. The van der Waals surface area contributed by atoms with Crippen molar-refractivity contribution in [1.82, 2.24) is 5.32 Å². The van der Waals surface area contributed by atoms with E-state index < -0.39 is 0 Å². The second-order valence-electron chi connectivity index (χ2n) is 3.91. The van der Waals surface area contributed by atoms with Gasteiger partial charge in [-0.2, -0.15) is 0 Å². The number of carbonyl (C=O) groups excluding carboxylic acids is 1. The highest BCUT2D eigenvalue weighted by molar-refractivity contribution is 5.77. The maximum atomic E-state index is 11.2. The minimum absolute atomic E-state index is 0.0254. The number of hydrogen-bond acceptors (Lipinski definition) is 3. The summed E-state index contributed by atoms with van der Waals surface area (Å²) < 4.78 is 5.17. The number of carbonyl (C=O) groups is 1. The van der Waals surface area contributed by atoms with Crippen LogP contribution in [0, 0.1) is 0 Å². The van der Waals surface area contributed by atoms with Gasteiger partial charge in [0.1, 0.15) is 6.61 Å². The van der Waals surface area contributed by atoms with Crippen molar-refractivity contribution in [1.29, 1.82) is 0 Å². The van der Waals surface area contributed by atoms with Crippen molar-refractivity contribution < 1.29 is 9.53 Å². The molecule has 0 aromatic carbocycles. The number of hydrogen-bond donors (Lipinski definition) is 2. The Balaban J connectivity index is 3.17. The van der Waals surface area contributed by atoms with E-state index in [1.54, 1.807) is 0 Å². The fourth-order valence-corrected chi connectivity index (χ4v) is 1.14. The van der Waals surface area contributed by atoms with Crippen molar-refractivity contribution in [3.05, 3.63) is 0 Å². The van der Waals surface area contributed by atoms with Gasteiger partial charge in [-0.25, -0.2) is 0 Å². The molecular weight excluding hydrogens is 192 g/mol. The molecule has 0 rings (SSSR count). The van der Waals surface area contributed by atoms with Gasteiger partial charge < -0.3 is 15.8 Å². The molecule has 90 valence electrons. The molecule has 0 fully saturated rings. The molecule has 15 heavy (non-hydrogen) atoms. The van der Waals surface area contributed by atoms with Crippen LogP contribution in [-0.4, -0.2) is 31.7 Å². The number of amides is 1. The Morgan fingerprint density at radius 3 is 2.53 bits per heavy atom. The Labute approximate surface area is 92.6 Å². The first kappa shape index (κ1) is 14.4. The standard InChI is InChI=1S/C11H24N2O2/c1-10(2)15-9-11(14)13-8-6-4-3-5-7-12/h10H,3-9,12H2,1-2H3,(H,13,14). The largest absolute Gasteiger partial charge is 0.369 e. The van der Waals surface area contributed by atoms with Crippen LogP contribution in [0.2, 0.25) is 0 Å². The zero-order valence-electron chi connectivity index (χ0n) is 9.92. The van der Waals surface area contributed by atoms with E-state index in [-0.39, 0.29) is 18.6 Å². The van der Waals surface area contributed by atoms with E-state index in [1.807, 2.05) is 13.8 Å². The molecule has 0 saturated carbocycles. The van der Waals surface area contributed by atoms with Gasteiger partial charge in [-0.15, -0.1) is 0 Å². The van der Waals surface area contributed by atoms with Crippen molar-refractivity contribution in [3.63, 3.8) is 0 Å². The summed E-state index contributed by atoms with van der Waals surface area (Å²) in [7, 11) is 0. The summed E-state index contributed by atoms with van der Waals surface area (Å²) in [5.74, 6) is -0.0254. The van der Waals surface area contributed by atoms with Crippen LogP contribution >= 0.6 is 0 Å². The molecular formula is C11H24N2O2. The summed E-state index contributed by atoms with van der Waals surface area (Å²) in [6, 6.07) is 0. The molecule has 0 unspecified atom stereocenters. The third-order valence-electron chi connectivity index (χ3n) is 2.00. The van der Waals surface area contributed by atoms with E-state index in [4.69, 9.17) is 10.5 Å². The third kappa shape index (κ3) is 11.3. The average molecular weight is 216 g/mol. The summed E-state index contributed by atoms with van der Waals surface area (Å²) in [5.41, 5.74) is 5.37. The van der Waals surface area contributed by atoms with E-state index >= 15 is 0 Å². The molecule has 0 aromatic heterocycles. The topological polar surface area (TPSA) is 64.3 Å². The van der Waals surface area contributed by atoms with Gasteiger partial charge in [0.25, 0.3) is 0 Å². The van der Waals surface area contributed by atoms with Gasteiger partial charge in [-0.1, -0.05) is 12.8 Å². The van der Waals surface area contributed by atoms with E-state index in [1.165, 1.54) is 0 Å². The smallest absolute Gasteiger partial charge is 0.246 e. The summed E-state index contributed by atoms with van der Waals surface area (Å²) in [5, 5.41) is 2.82. The molecule has 0 atom stereocenters. The van der Waals surface area contributed by atoms with Crippen molar-refractivity contribution in [2.75, 3.05) is 19.7 Å². The monoisotopic (exact) mass is 216 g/mol. The van der Waals surface area contributed by atoms with Gasteiger partial charge in [0.15, 0.2) is 0 Å². The van der Waals surface area contributed by atoms with Crippen LogP contribution in [0.15, 0.2) is 0 Å². The van der Waals surface area contributed by atoms with Gasteiger partial charge in [-0.05, 0) is 33.2 Å². The predicted octanol–water partition coefficient (Wildman–Crippen LogP) is 1.05. The van der Waals surface area contributed by atoms with E-state index in [2.05, 4.69) is 5.32 Å². The minimum Gasteiger partial charge on any atom is -0.369 e. The second-order valence-corrected chi connectivity index (χ2v) is 3.91. The lowest BCUT2D eigenvalue weighted by molar-refractivity contribution is -0.127. The van der Waals surface area contributed by atoms with Crippen molar-refractivity contribution in [2.45, 2.75) is 45.6 Å². The first-order valence-electron chi connectivity index (χ1n) is 5.75. The number of ether oxygens (including phenoxy) is 1. The Bertz CT molecular complexity index is 161. The van der Waals surface area contributed by atoms with Gasteiger partial charge in [-0.3, -0.25) is 4.79 Å². The van der Waals surface area contributed by atoms with Crippen LogP contribution in [0.3, 0.4) is 0 Å². The van der Waals surface area contributed by atoms with Crippen molar-refractivity contribution in [2.24, 2.45) is 5.73 Å². The second kappa shape index (κ2) is 9.93. The maximum Gasteiger partial charge on any atom is 0.246 e. The molecule has 0 radical (unpaired) electrons. The summed E-state index contributed by atoms with van der Waals surface area (Å²) in [6.07, 6.45) is 4.48. The third-order valence-corrected chi connectivity index (χ3v) is 2.00. The molecule has 0 aliphatic rings. The first-order valence-corrected chi connectivity index (χ1v) is 5.75. The van der Waals surface area contributed by atoms with E-state index in [9.17, 15) is 4.79 Å². The lowest BCUT2D eigenvalue weighted by Crippen LogP contribution is -2.29. The number of nitrogens with one attached hydrogen (secondary N) is 1. The zero-order valence-corrected chi connectivity index (χ0v) is 9.92.